The van der Waals surface area contributed by atoms with Crippen molar-refractivity contribution in [3.63, 3.8) is 0 Å². The Labute approximate surface area is 177 Å². The summed E-state index contributed by atoms with van der Waals surface area (Å²) < 4.78 is 12.1. The van der Waals surface area contributed by atoms with Gasteiger partial charge in [0.2, 0.25) is 5.95 Å². The van der Waals surface area contributed by atoms with Gasteiger partial charge in [0, 0.05) is 37.2 Å². The van der Waals surface area contributed by atoms with Crippen molar-refractivity contribution in [3.05, 3.63) is 50.1 Å². The molecule has 154 valence electrons. The van der Waals surface area contributed by atoms with Gasteiger partial charge in [0.25, 0.3) is 5.56 Å². The van der Waals surface area contributed by atoms with Crippen molar-refractivity contribution in [3.8, 4) is 5.69 Å². The highest BCUT2D eigenvalue weighted by molar-refractivity contribution is 7.18. The molecule has 0 saturated heterocycles. The molecule has 0 saturated carbocycles. The van der Waals surface area contributed by atoms with Gasteiger partial charge in [-0.25, -0.2) is 9.55 Å². The molecule has 29 heavy (non-hydrogen) atoms. The number of methoxy groups -OCH3 is 2. The summed E-state index contributed by atoms with van der Waals surface area (Å²) in [4.78, 5) is 22.7. The molecule has 3 heterocycles. The molecule has 0 amide bonds. The maximum absolute atomic E-state index is 13.6. The van der Waals surface area contributed by atoms with Crippen LogP contribution in [0.4, 0.5) is 5.95 Å². The van der Waals surface area contributed by atoms with E-state index in [2.05, 4.69) is 17.3 Å². The lowest BCUT2D eigenvalue weighted by atomic mass is 10.1. The van der Waals surface area contributed by atoms with Gasteiger partial charge in [-0.15, -0.1) is 11.3 Å². The van der Waals surface area contributed by atoms with E-state index in [1.54, 1.807) is 42.3 Å². The molecule has 0 fully saturated rings. The molecule has 3 aromatic rings. The third-order valence-electron chi connectivity index (χ3n) is 5.08. The van der Waals surface area contributed by atoms with Crippen molar-refractivity contribution >= 4 is 39.1 Å². The van der Waals surface area contributed by atoms with E-state index < -0.39 is 6.29 Å². The summed E-state index contributed by atoms with van der Waals surface area (Å²) in [5, 5.41) is 4.47. The minimum absolute atomic E-state index is 0.0896. The first-order chi connectivity index (χ1) is 14.0. The molecule has 0 unspecified atom stereocenters. The van der Waals surface area contributed by atoms with Gasteiger partial charge in [-0.1, -0.05) is 17.7 Å². The number of hydrogen-bond donors (Lipinski definition) is 1. The van der Waals surface area contributed by atoms with E-state index in [9.17, 15) is 4.79 Å². The molecule has 0 atom stereocenters. The fraction of sp³-hybridized carbons (Fsp3) is 0.400. The van der Waals surface area contributed by atoms with Crippen LogP contribution in [0, 0.1) is 0 Å². The molecular formula is C20H23ClN4O3S. The SMILES string of the molecule is COC(CNc1nc2sc3c(c2c(=O)n1-c1cccc(Cl)c1)CCN(C)C3)OC. The number of fused-ring (bicyclic) bond motifs is 3. The van der Waals surface area contributed by atoms with Crippen molar-refractivity contribution in [2.45, 2.75) is 19.3 Å². The van der Waals surface area contributed by atoms with E-state index in [1.165, 1.54) is 4.88 Å². The molecule has 1 N–H and O–H groups in total. The van der Waals surface area contributed by atoms with Crippen LogP contribution in [0.2, 0.25) is 5.02 Å². The normalized spacial score (nSPS) is 14.5. The lowest BCUT2D eigenvalue weighted by molar-refractivity contribution is -0.0915. The second kappa shape index (κ2) is 8.41. The Bertz CT molecular complexity index is 1090. The Morgan fingerprint density at radius 3 is 2.86 bits per heavy atom. The first-order valence-corrected chi connectivity index (χ1v) is 10.5. The van der Waals surface area contributed by atoms with Crippen LogP contribution in [-0.4, -0.2) is 55.1 Å². The molecular weight excluding hydrogens is 412 g/mol. The number of aromatic nitrogens is 2. The van der Waals surface area contributed by atoms with Gasteiger partial charge in [-0.2, -0.15) is 0 Å². The van der Waals surface area contributed by atoms with Crippen molar-refractivity contribution in [2.24, 2.45) is 0 Å². The number of nitrogens with one attached hydrogen (secondary N) is 1. The molecule has 0 radical (unpaired) electrons. The van der Waals surface area contributed by atoms with E-state index in [0.717, 1.165) is 29.9 Å². The Kier molecular flexibility index (Phi) is 5.89. The number of ether oxygens (including phenoxy) is 2. The summed E-state index contributed by atoms with van der Waals surface area (Å²) in [5.74, 6) is 0.441. The van der Waals surface area contributed by atoms with Crippen LogP contribution in [0.5, 0.6) is 0 Å². The highest BCUT2D eigenvalue weighted by Gasteiger charge is 2.24. The number of nitrogens with zero attached hydrogens (tertiary/aromatic N) is 3. The van der Waals surface area contributed by atoms with Crippen molar-refractivity contribution in [1.82, 2.24) is 14.5 Å². The van der Waals surface area contributed by atoms with Crippen LogP contribution < -0.4 is 10.9 Å². The number of benzene rings is 1. The van der Waals surface area contributed by atoms with Crippen LogP contribution in [0.3, 0.4) is 0 Å². The molecule has 9 heteroatoms. The summed E-state index contributed by atoms with van der Waals surface area (Å²) in [5.41, 5.74) is 1.70. The number of thiophene rings is 1. The van der Waals surface area contributed by atoms with Crippen molar-refractivity contribution in [1.29, 1.82) is 0 Å². The predicted octanol–water partition coefficient (Wildman–Crippen LogP) is 3.12. The Hall–Kier alpha value is -1.97. The van der Waals surface area contributed by atoms with E-state index in [-0.39, 0.29) is 5.56 Å². The molecule has 1 aliphatic heterocycles. The van der Waals surface area contributed by atoms with Gasteiger partial charge in [-0.05, 0) is 37.2 Å². The van der Waals surface area contributed by atoms with Gasteiger partial charge in [0.1, 0.15) is 4.83 Å². The Morgan fingerprint density at radius 1 is 1.34 bits per heavy atom. The summed E-state index contributed by atoms with van der Waals surface area (Å²) in [7, 11) is 5.23. The fourth-order valence-corrected chi connectivity index (χ4v) is 5.06. The largest absolute Gasteiger partial charge is 0.354 e. The summed E-state index contributed by atoms with van der Waals surface area (Å²) in [6.07, 6.45) is 0.390. The standard InChI is InChI=1S/C20H23ClN4O3S/c1-24-8-7-14-15(11-24)29-18-17(14)19(26)25(13-6-4-5-12(21)9-13)20(23-18)22-10-16(27-2)28-3/h4-6,9,16H,7-8,10-11H2,1-3H3,(H,22,23). The Balaban J connectivity index is 1.90. The first-order valence-electron chi connectivity index (χ1n) is 9.33. The van der Waals surface area contributed by atoms with Gasteiger partial charge in [-0.3, -0.25) is 4.79 Å². The molecule has 1 aromatic carbocycles. The van der Waals surface area contributed by atoms with Crippen LogP contribution in [-0.2, 0) is 22.4 Å². The number of anilines is 1. The van der Waals surface area contributed by atoms with E-state index in [4.69, 9.17) is 26.1 Å². The summed E-state index contributed by atoms with van der Waals surface area (Å²) in [6.45, 7) is 2.11. The zero-order valence-corrected chi connectivity index (χ0v) is 18.1. The van der Waals surface area contributed by atoms with Crippen LogP contribution in [0.15, 0.2) is 29.1 Å². The van der Waals surface area contributed by atoms with Crippen molar-refractivity contribution < 1.29 is 9.47 Å². The second-order valence-electron chi connectivity index (χ2n) is 7.01. The minimum atomic E-state index is -0.458. The molecule has 2 aromatic heterocycles. The van der Waals surface area contributed by atoms with Crippen LogP contribution in [0.1, 0.15) is 10.4 Å². The molecule has 0 spiro atoms. The van der Waals surface area contributed by atoms with Gasteiger partial charge in [0.15, 0.2) is 6.29 Å². The number of likely N-dealkylation sites (N-methyl/N-ethyl adjacent to an activating group) is 1. The zero-order chi connectivity index (χ0) is 20.5. The fourth-order valence-electron chi connectivity index (χ4n) is 3.58. The van der Waals surface area contributed by atoms with Crippen molar-refractivity contribution in [2.75, 3.05) is 39.7 Å². The predicted molar refractivity (Wildman–Crippen MR) is 117 cm³/mol. The molecule has 1 aliphatic rings. The number of halogens is 1. The highest BCUT2D eigenvalue weighted by atomic mass is 35.5. The summed E-state index contributed by atoms with van der Waals surface area (Å²) >= 11 is 7.79. The third-order valence-corrected chi connectivity index (χ3v) is 6.43. The highest BCUT2D eigenvalue weighted by Crippen LogP contribution is 2.33. The minimum Gasteiger partial charge on any atom is -0.354 e. The third kappa shape index (κ3) is 3.91. The summed E-state index contributed by atoms with van der Waals surface area (Å²) in [6, 6.07) is 7.22. The number of hydrogen-bond acceptors (Lipinski definition) is 7. The average molecular weight is 435 g/mol. The van der Waals surface area contributed by atoms with Gasteiger partial charge >= 0.3 is 0 Å². The Morgan fingerprint density at radius 2 is 2.14 bits per heavy atom. The van der Waals surface area contributed by atoms with Gasteiger partial charge in [0.05, 0.1) is 17.6 Å². The van der Waals surface area contributed by atoms with Gasteiger partial charge < -0.3 is 19.7 Å². The maximum Gasteiger partial charge on any atom is 0.268 e. The monoisotopic (exact) mass is 434 g/mol. The first kappa shape index (κ1) is 20.3. The zero-order valence-electron chi connectivity index (χ0n) is 16.6. The lowest BCUT2D eigenvalue weighted by Crippen LogP contribution is -2.30. The average Bonchev–Trinajstić information content (AvgIpc) is 3.06. The smallest absolute Gasteiger partial charge is 0.268 e. The van der Waals surface area contributed by atoms with Crippen LogP contribution >= 0.6 is 22.9 Å². The molecule has 0 bridgehead atoms. The van der Waals surface area contributed by atoms with Crippen LogP contribution in [0.25, 0.3) is 15.9 Å². The lowest BCUT2D eigenvalue weighted by Gasteiger charge is -2.22. The van der Waals surface area contributed by atoms with E-state index in [1.807, 2.05) is 12.1 Å². The molecule has 4 rings (SSSR count). The molecule has 0 aliphatic carbocycles. The maximum atomic E-state index is 13.6. The van der Waals surface area contributed by atoms with E-state index >= 15 is 0 Å². The van der Waals surface area contributed by atoms with E-state index in [0.29, 0.717) is 28.6 Å². The topological polar surface area (TPSA) is 68.6 Å². The quantitative estimate of drug-likeness (QED) is 0.601. The number of rotatable bonds is 6. The molecule has 7 nitrogen and oxygen atoms in total. The second-order valence-corrected chi connectivity index (χ2v) is 8.53.